The largest absolute Gasteiger partial charge is 0.497 e. The third kappa shape index (κ3) is 1.48. The summed E-state index contributed by atoms with van der Waals surface area (Å²) >= 11 is 0. The molecule has 1 fully saturated rings. The molecule has 0 amide bonds. The summed E-state index contributed by atoms with van der Waals surface area (Å²) in [5, 5.41) is 6.07. The predicted octanol–water partition coefficient (Wildman–Crippen LogP) is 3.59. The van der Waals surface area contributed by atoms with Gasteiger partial charge in [-0.3, -0.25) is 0 Å². The van der Waals surface area contributed by atoms with Gasteiger partial charge in [0.25, 0.3) is 0 Å². The SMILES string of the molecule is COc1ccc2c(c1)C1OCCC1c1c3ccccc3nn1-2. The monoisotopic (exact) mass is 292 g/mol. The highest BCUT2D eigenvalue weighted by atomic mass is 16.5. The van der Waals surface area contributed by atoms with Crippen molar-refractivity contribution in [3.63, 3.8) is 0 Å². The number of ether oxygens (including phenoxy) is 2. The van der Waals surface area contributed by atoms with Crippen molar-refractivity contribution in [2.75, 3.05) is 13.7 Å². The van der Waals surface area contributed by atoms with Crippen molar-refractivity contribution >= 4 is 10.9 Å². The molecule has 0 bridgehead atoms. The van der Waals surface area contributed by atoms with Crippen LogP contribution in [-0.2, 0) is 4.74 Å². The third-order valence-electron chi connectivity index (χ3n) is 4.83. The highest BCUT2D eigenvalue weighted by Crippen LogP contribution is 2.50. The van der Waals surface area contributed by atoms with E-state index in [4.69, 9.17) is 14.6 Å². The Morgan fingerprint density at radius 3 is 3.05 bits per heavy atom. The summed E-state index contributed by atoms with van der Waals surface area (Å²) in [7, 11) is 1.70. The number of aromatic nitrogens is 2. The van der Waals surface area contributed by atoms with Gasteiger partial charge in [0.05, 0.1) is 30.1 Å². The second-order valence-electron chi connectivity index (χ2n) is 5.93. The molecule has 0 spiro atoms. The molecular weight excluding hydrogens is 276 g/mol. The van der Waals surface area contributed by atoms with Crippen LogP contribution in [0, 0.1) is 0 Å². The molecule has 0 saturated carbocycles. The maximum Gasteiger partial charge on any atom is 0.119 e. The maximum atomic E-state index is 6.06. The van der Waals surface area contributed by atoms with E-state index in [0.717, 1.165) is 30.0 Å². The van der Waals surface area contributed by atoms with Crippen LogP contribution in [0.2, 0.25) is 0 Å². The Morgan fingerprint density at radius 1 is 1.23 bits per heavy atom. The van der Waals surface area contributed by atoms with E-state index in [-0.39, 0.29) is 6.10 Å². The lowest BCUT2D eigenvalue weighted by atomic mass is 9.86. The molecule has 1 saturated heterocycles. The molecule has 22 heavy (non-hydrogen) atoms. The van der Waals surface area contributed by atoms with E-state index in [2.05, 4.69) is 35.0 Å². The molecule has 2 aromatic carbocycles. The normalized spacial score (nSPS) is 22.2. The van der Waals surface area contributed by atoms with Gasteiger partial charge in [0, 0.05) is 23.5 Å². The fourth-order valence-electron chi connectivity index (χ4n) is 3.85. The first-order chi connectivity index (χ1) is 10.9. The van der Waals surface area contributed by atoms with Crippen LogP contribution in [0.4, 0.5) is 0 Å². The third-order valence-corrected chi connectivity index (χ3v) is 4.83. The first-order valence-electron chi connectivity index (χ1n) is 7.64. The van der Waals surface area contributed by atoms with Crippen molar-refractivity contribution in [3.05, 3.63) is 53.7 Å². The van der Waals surface area contributed by atoms with Gasteiger partial charge < -0.3 is 9.47 Å². The molecular formula is C18H16N2O2. The summed E-state index contributed by atoms with van der Waals surface area (Å²) in [6, 6.07) is 14.5. The topological polar surface area (TPSA) is 36.3 Å². The Kier molecular flexibility index (Phi) is 2.41. The second kappa shape index (κ2) is 4.34. The van der Waals surface area contributed by atoms with E-state index in [1.165, 1.54) is 16.6 Å². The van der Waals surface area contributed by atoms with Crippen LogP contribution >= 0.6 is 0 Å². The Bertz CT molecular complexity index is 884. The van der Waals surface area contributed by atoms with Gasteiger partial charge in [-0.25, -0.2) is 4.68 Å². The minimum absolute atomic E-state index is 0.109. The first-order valence-corrected chi connectivity index (χ1v) is 7.64. The Labute approximate surface area is 128 Å². The Balaban J connectivity index is 1.86. The molecule has 1 aromatic heterocycles. The fraction of sp³-hybridized carbons (Fsp3) is 0.278. The van der Waals surface area contributed by atoms with E-state index in [0.29, 0.717) is 5.92 Å². The molecule has 110 valence electrons. The number of hydrogen-bond donors (Lipinski definition) is 0. The van der Waals surface area contributed by atoms with Gasteiger partial charge >= 0.3 is 0 Å². The zero-order chi connectivity index (χ0) is 14.7. The van der Waals surface area contributed by atoms with Gasteiger partial charge in [-0.2, -0.15) is 5.10 Å². The van der Waals surface area contributed by atoms with E-state index in [1.54, 1.807) is 7.11 Å². The minimum atomic E-state index is 0.109. The fourth-order valence-corrected chi connectivity index (χ4v) is 3.85. The van der Waals surface area contributed by atoms with Crippen molar-refractivity contribution in [1.29, 1.82) is 0 Å². The number of nitrogens with zero attached hydrogens (tertiary/aromatic N) is 2. The summed E-state index contributed by atoms with van der Waals surface area (Å²) in [4.78, 5) is 0. The second-order valence-corrected chi connectivity index (χ2v) is 5.93. The van der Waals surface area contributed by atoms with E-state index in [9.17, 15) is 0 Å². The standard InChI is InChI=1S/C18H16N2O2/c1-21-11-6-7-16-14(10-11)18-13(8-9-22-18)17-12-4-2-3-5-15(12)19-20(16)17/h2-7,10,13,18H,8-9H2,1H3. The van der Waals surface area contributed by atoms with Crippen LogP contribution in [0.5, 0.6) is 5.75 Å². The molecule has 0 radical (unpaired) electrons. The minimum Gasteiger partial charge on any atom is -0.497 e. The van der Waals surface area contributed by atoms with Crippen LogP contribution < -0.4 is 4.74 Å². The average molecular weight is 292 g/mol. The Hall–Kier alpha value is -2.33. The van der Waals surface area contributed by atoms with Crippen molar-refractivity contribution in [2.45, 2.75) is 18.4 Å². The highest BCUT2D eigenvalue weighted by molar-refractivity contribution is 5.83. The van der Waals surface area contributed by atoms with Crippen LogP contribution in [0.25, 0.3) is 16.6 Å². The van der Waals surface area contributed by atoms with Gasteiger partial charge in [0.2, 0.25) is 0 Å². The first kappa shape index (κ1) is 12.2. The smallest absolute Gasteiger partial charge is 0.119 e. The van der Waals surface area contributed by atoms with E-state index < -0.39 is 0 Å². The molecule has 5 rings (SSSR count). The number of fused-ring (bicyclic) bond motifs is 8. The molecule has 2 unspecified atom stereocenters. The van der Waals surface area contributed by atoms with Crippen LogP contribution in [0.15, 0.2) is 42.5 Å². The molecule has 4 heteroatoms. The molecule has 0 aliphatic carbocycles. The number of benzene rings is 2. The van der Waals surface area contributed by atoms with Crippen molar-refractivity contribution in [2.24, 2.45) is 0 Å². The number of rotatable bonds is 1. The van der Waals surface area contributed by atoms with E-state index in [1.807, 2.05) is 12.1 Å². The highest BCUT2D eigenvalue weighted by Gasteiger charge is 2.40. The maximum absolute atomic E-state index is 6.06. The molecule has 2 aliphatic heterocycles. The van der Waals surface area contributed by atoms with Gasteiger partial charge in [0.1, 0.15) is 5.75 Å². The van der Waals surface area contributed by atoms with Crippen molar-refractivity contribution in [3.8, 4) is 11.4 Å². The van der Waals surface area contributed by atoms with Crippen molar-refractivity contribution in [1.82, 2.24) is 9.78 Å². The summed E-state index contributed by atoms with van der Waals surface area (Å²) in [6.07, 6.45) is 1.15. The summed E-state index contributed by atoms with van der Waals surface area (Å²) < 4.78 is 13.6. The lowest BCUT2D eigenvalue weighted by Gasteiger charge is -2.28. The van der Waals surface area contributed by atoms with Crippen LogP contribution in [0.1, 0.15) is 29.7 Å². The van der Waals surface area contributed by atoms with Crippen LogP contribution in [-0.4, -0.2) is 23.5 Å². The lowest BCUT2D eigenvalue weighted by molar-refractivity contribution is 0.100. The molecule has 0 N–H and O–H groups in total. The molecule has 3 heterocycles. The van der Waals surface area contributed by atoms with Crippen molar-refractivity contribution < 1.29 is 9.47 Å². The average Bonchev–Trinajstić information content (AvgIpc) is 3.18. The lowest BCUT2D eigenvalue weighted by Crippen LogP contribution is -2.20. The zero-order valence-electron chi connectivity index (χ0n) is 12.3. The number of hydrogen-bond acceptors (Lipinski definition) is 3. The van der Waals surface area contributed by atoms with Gasteiger partial charge in [-0.15, -0.1) is 0 Å². The molecule has 4 nitrogen and oxygen atoms in total. The quantitative estimate of drug-likeness (QED) is 0.687. The molecule has 2 atom stereocenters. The zero-order valence-corrected chi connectivity index (χ0v) is 12.3. The molecule has 2 aliphatic rings. The number of methoxy groups -OCH3 is 1. The predicted molar refractivity (Wildman–Crippen MR) is 83.7 cm³/mol. The summed E-state index contributed by atoms with van der Waals surface area (Å²) in [5.74, 6) is 1.24. The molecule has 3 aromatic rings. The van der Waals surface area contributed by atoms with E-state index >= 15 is 0 Å². The van der Waals surface area contributed by atoms with Crippen LogP contribution in [0.3, 0.4) is 0 Å². The van der Waals surface area contributed by atoms with Gasteiger partial charge in [-0.1, -0.05) is 18.2 Å². The Morgan fingerprint density at radius 2 is 2.14 bits per heavy atom. The summed E-state index contributed by atoms with van der Waals surface area (Å²) in [6.45, 7) is 0.797. The summed E-state index contributed by atoms with van der Waals surface area (Å²) in [5.41, 5.74) is 4.62. The van der Waals surface area contributed by atoms with Gasteiger partial charge in [-0.05, 0) is 30.7 Å². The van der Waals surface area contributed by atoms with Gasteiger partial charge in [0.15, 0.2) is 0 Å².